The van der Waals surface area contributed by atoms with E-state index >= 15 is 4.39 Å². The highest BCUT2D eigenvalue weighted by Crippen LogP contribution is 2.50. The number of nitrogens with zero attached hydrogens (tertiary/aromatic N) is 3. The first-order valence-electron chi connectivity index (χ1n) is 17.2. The van der Waals surface area contributed by atoms with Crippen LogP contribution in [0.25, 0.3) is 0 Å². The van der Waals surface area contributed by atoms with E-state index in [0.717, 1.165) is 84.5 Å². The highest BCUT2D eigenvalue weighted by atomic mass is 19.1. The predicted octanol–water partition coefficient (Wildman–Crippen LogP) is 2.36. The minimum absolute atomic E-state index is 0.0200. The van der Waals surface area contributed by atoms with Crippen molar-refractivity contribution in [2.24, 2.45) is 17.8 Å². The molecule has 0 spiro atoms. The van der Waals surface area contributed by atoms with Crippen molar-refractivity contribution in [2.75, 3.05) is 66.6 Å². The molecule has 0 radical (unpaired) electrons. The van der Waals surface area contributed by atoms with E-state index in [0.29, 0.717) is 18.4 Å². The SMILES string of the molecule is CN(C)CCCCNC1C(F)CC2C(=O)C(C(=O)NCCCN3CCOCC3)=CN3C4CCC5CCCCC5C4OC1C23. The molecule has 0 aromatic carbocycles. The van der Waals surface area contributed by atoms with Gasteiger partial charge in [0.1, 0.15) is 6.17 Å². The average molecular weight is 604 g/mol. The maximum absolute atomic E-state index is 16.1. The summed E-state index contributed by atoms with van der Waals surface area (Å²) in [4.78, 5) is 34.2. The molecule has 3 aliphatic heterocycles. The molecular weight excluding hydrogens is 549 g/mol. The molecule has 6 aliphatic rings. The van der Waals surface area contributed by atoms with Crippen molar-refractivity contribution in [2.45, 2.75) is 101 Å². The zero-order valence-electron chi connectivity index (χ0n) is 26.4. The van der Waals surface area contributed by atoms with Crippen LogP contribution in [0.2, 0.25) is 0 Å². The number of amides is 1. The second-order valence-electron chi connectivity index (χ2n) is 14.2. The molecule has 0 aromatic heterocycles. The molecule has 6 rings (SSSR count). The molecule has 5 fully saturated rings. The van der Waals surface area contributed by atoms with E-state index < -0.39 is 24.2 Å². The van der Waals surface area contributed by atoms with Gasteiger partial charge in [-0.3, -0.25) is 14.5 Å². The molecule has 9 atom stereocenters. The van der Waals surface area contributed by atoms with Gasteiger partial charge in [0.25, 0.3) is 5.91 Å². The normalized spacial score (nSPS) is 37.8. The van der Waals surface area contributed by atoms with Gasteiger partial charge >= 0.3 is 0 Å². The van der Waals surface area contributed by atoms with Gasteiger partial charge in [0.15, 0.2) is 5.78 Å². The third-order valence-electron chi connectivity index (χ3n) is 11.2. The standard InChI is InChI=1S/C33H54FN5O4/c1-37(2)14-6-5-12-35-28-26(34)20-24-29-32(28)43-31-23-9-4-3-8-22(23)10-11-27(31)39(29)21-25(30(24)40)33(41)36-13-7-15-38-16-18-42-19-17-38/h21-24,26-29,31-32,35H,3-20H2,1-2H3,(H,36,41). The van der Waals surface area contributed by atoms with Crippen LogP contribution in [0.5, 0.6) is 0 Å². The Labute approximate surface area is 257 Å². The number of morpholine rings is 2. The van der Waals surface area contributed by atoms with Crippen LogP contribution in [0.15, 0.2) is 11.8 Å². The second kappa shape index (κ2) is 14.2. The fourth-order valence-electron chi connectivity index (χ4n) is 9.01. The van der Waals surface area contributed by atoms with Crippen LogP contribution in [0.3, 0.4) is 0 Å². The quantitative estimate of drug-likeness (QED) is 0.275. The second-order valence-corrected chi connectivity index (χ2v) is 14.2. The number of unbranched alkanes of at least 4 members (excludes halogenated alkanes) is 1. The first-order valence-corrected chi connectivity index (χ1v) is 17.2. The smallest absolute Gasteiger partial charge is 0.256 e. The lowest BCUT2D eigenvalue weighted by molar-refractivity contribution is -0.220. The number of carbonyl (C=O) groups is 2. The summed E-state index contributed by atoms with van der Waals surface area (Å²) >= 11 is 0. The Balaban J connectivity index is 1.19. The number of carbonyl (C=O) groups excluding carboxylic acids is 2. The molecule has 43 heavy (non-hydrogen) atoms. The first kappa shape index (κ1) is 31.4. The molecule has 3 heterocycles. The molecule has 10 heteroatoms. The lowest BCUT2D eigenvalue weighted by atomic mass is 9.64. The summed E-state index contributed by atoms with van der Waals surface area (Å²) in [6.07, 6.45) is 10.3. The van der Waals surface area contributed by atoms with Crippen molar-refractivity contribution in [3.05, 3.63) is 11.8 Å². The van der Waals surface area contributed by atoms with Crippen LogP contribution in [0.1, 0.15) is 64.2 Å². The van der Waals surface area contributed by atoms with Gasteiger partial charge in [-0.2, -0.15) is 0 Å². The summed E-state index contributed by atoms with van der Waals surface area (Å²) in [5.41, 5.74) is 0.208. The number of rotatable bonds is 11. The maximum atomic E-state index is 16.1. The summed E-state index contributed by atoms with van der Waals surface area (Å²) in [7, 11) is 4.15. The summed E-state index contributed by atoms with van der Waals surface area (Å²) < 4.78 is 28.5. The van der Waals surface area contributed by atoms with E-state index in [-0.39, 0.29) is 41.9 Å². The average Bonchev–Trinajstić information content (AvgIpc) is 3.01. The summed E-state index contributed by atoms with van der Waals surface area (Å²) in [5, 5.41) is 6.57. The fourth-order valence-corrected chi connectivity index (χ4v) is 9.01. The summed E-state index contributed by atoms with van der Waals surface area (Å²) in [6, 6.07) is -0.528. The summed E-state index contributed by atoms with van der Waals surface area (Å²) in [6.45, 7) is 6.49. The van der Waals surface area contributed by atoms with Gasteiger partial charge in [-0.1, -0.05) is 19.3 Å². The molecule has 2 saturated heterocycles. The van der Waals surface area contributed by atoms with Crippen LogP contribution < -0.4 is 10.6 Å². The Bertz CT molecular complexity index is 1010. The monoisotopic (exact) mass is 603 g/mol. The number of fused-ring (bicyclic) bond motifs is 4. The zero-order valence-corrected chi connectivity index (χ0v) is 26.4. The highest BCUT2D eigenvalue weighted by molar-refractivity contribution is 6.20. The van der Waals surface area contributed by atoms with Crippen LogP contribution in [0.4, 0.5) is 4.39 Å². The number of hydrogen-bond acceptors (Lipinski definition) is 8. The molecule has 1 amide bonds. The van der Waals surface area contributed by atoms with Gasteiger partial charge in [-0.15, -0.1) is 0 Å². The van der Waals surface area contributed by atoms with Crippen LogP contribution in [-0.2, 0) is 19.1 Å². The molecule has 9 unspecified atom stereocenters. The Hall–Kier alpha value is -1.59. The molecule has 0 bridgehead atoms. The fraction of sp³-hybridized carbons (Fsp3) is 0.879. The van der Waals surface area contributed by atoms with Crippen molar-refractivity contribution < 1.29 is 23.5 Å². The Morgan fingerprint density at radius 1 is 1.05 bits per heavy atom. The number of hydrogen-bond donors (Lipinski definition) is 2. The van der Waals surface area contributed by atoms with Crippen LogP contribution >= 0.6 is 0 Å². The molecule has 3 saturated carbocycles. The van der Waals surface area contributed by atoms with Crippen molar-refractivity contribution in [3.8, 4) is 0 Å². The molecule has 242 valence electrons. The number of ketones is 1. The van der Waals surface area contributed by atoms with Crippen molar-refractivity contribution >= 4 is 11.7 Å². The van der Waals surface area contributed by atoms with Gasteiger partial charge in [-0.05, 0) is 90.5 Å². The Morgan fingerprint density at radius 2 is 1.86 bits per heavy atom. The first-order chi connectivity index (χ1) is 20.9. The van der Waals surface area contributed by atoms with Gasteiger partial charge in [-0.25, -0.2) is 4.39 Å². The lowest BCUT2D eigenvalue weighted by Crippen LogP contribution is -2.74. The number of nitrogens with one attached hydrogen (secondary N) is 2. The van der Waals surface area contributed by atoms with E-state index in [9.17, 15) is 9.59 Å². The molecule has 9 nitrogen and oxygen atoms in total. The van der Waals surface area contributed by atoms with Crippen molar-refractivity contribution in [3.63, 3.8) is 0 Å². The Morgan fingerprint density at radius 3 is 2.67 bits per heavy atom. The number of alkyl halides is 1. The van der Waals surface area contributed by atoms with Gasteiger partial charge in [0, 0.05) is 31.8 Å². The topological polar surface area (TPSA) is 86.4 Å². The predicted molar refractivity (Wildman–Crippen MR) is 163 cm³/mol. The van der Waals surface area contributed by atoms with E-state index in [1.54, 1.807) is 0 Å². The lowest BCUT2D eigenvalue weighted by Gasteiger charge is -2.61. The highest BCUT2D eigenvalue weighted by Gasteiger charge is 2.60. The van der Waals surface area contributed by atoms with E-state index in [2.05, 4.69) is 39.4 Å². The summed E-state index contributed by atoms with van der Waals surface area (Å²) in [5.74, 6) is 0.0477. The molecule has 0 aromatic rings. The molecular formula is C33H54FN5O4. The van der Waals surface area contributed by atoms with E-state index in [1.807, 2.05) is 6.20 Å². The number of Topliss-reactive ketones (excluding diaryl/α,β-unsaturated/α-hetero) is 1. The van der Waals surface area contributed by atoms with Crippen molar-refractivity contribution in [1.29, 1.82) is 0 Å². The van der Waals surface area contributed by atoms with Gasteiger partial charge in [0.05, 0.1) is 49.1 Å². The van der Waals surface area contributed by atoms with E-state index in [4.69, 9.17) is 9.47 Å². The maximum Gasteiger partial charge on any atom is 0.256 e. The minimum atomic E-state index is -1.19. The largest absolute Gasteiger partial charge is 0.379 e. The third-order valence-corrected chi connectivity index (χ3v) is 11.2. The molecule has 2 N–H and O–H groups in total. The minimum Gasteiger partial charge on any atom is -0.379 e. The van der Waals surface area contributed by atoms with Gasteiger partial charge in [0.2, 0.25) is 0 Å². The zero-order chi connectivity index (χ0) is 29.9. The Kier molecular flexibility index (Phi) is 10.4. The van der Waals surface area contributed by atoms with Crippen LogP contribution in [0, 0.1) is 17.8 Å². The number of ether oxygens (including phenoxy) is 2. The van der Waals surface area contributed by atoms with E-state index in [1.165, 1.54) is 19.3 Å². The van der Waals surface area contributed by atoms with Crippen LogP contribution in [-0.4, -0.2) is 129 Å². The van der Waals surface area contributed by atoms with Crippen molar-refractivity contribution in [1.82, 2.24) is 25.3 Å². The molecule has 3 aliphatic carbocycles. The third kappa shape index (κ3) is 6.83. The van der Waals surface area contributed by atoms with Gasteiger partial charge < -0.3 is 29.9 Å². The number of halogens is 1.